The SMILES string of the molecule is [B]c1cc2c(c3ccccc13)-c1ccccc1C21c2ccccc2Sc2c(C#N)cccc21. The lowest BCUT2D eigenvalue weighted by atomic mass is 9.66. The predicted molar refractivity (Wildman–Crippen MR) is 135 cm³/mol. The number of hydrogen-bond acceptors (Lipinski definition) is 2. The summed E-state index contributed by atoms with van der Waals surface area (Å²) >= 11 is 1.70. The van der Waals surface area contributed by atoms with Crippen molar-refractivity contribution >= 4 is 35.8 Å². The van der Waals surface area contributed by atoms with Crippen molar-refractivity contribution in [3.63, 3.8) is 0 Å². The summed E-state index contributed by atoms with van der Waals surface area (Å²) < 4.78 is 0. The maximum Gasteiger partial charge on any atom is 0.114 e. The molecule has 0 bridgehead atoms. The van der Waals surface area contributed by atoms with Crippen molar-refractivity contribution in [1.29, 1.82) is 5.26 Å². The van der Waals surface area contributed by atoms with Gasteiger partial charge in [0.25, 0.3) is 0 Å². The van der Waals surface area contributed by atoms with Crippen LogP contribution in [-0.2, 0) is 5.41 Å². The molecule has 2 radical (unpaired) electrons. The van der Waals surface area contributed by atoms with Crippen molar-refractivity contribution in [3.8, 4) is 17.2 Å². The smallest absolute Gasteiger partial charge is 0.114 e. The van der Waals surface area contributed by atoms with E-state index < -0.39 is 5.41 Å². The first-order valence-electron chi connectivity index (χ1n) is 11.0. The van der Waals surface area contributed by atoms with Gasteiger partial charge in [0.2, 0.25) is 0 Å². The number of fused-ring (bicyclic) bond motifs is 11. The van der Waals surface area contributed by atoms with Crippen LogP contribution in [0.1, 0.15) is 27.8 Å². The van der Waals surface area contributed by atoms with Gasteiger partial charge in [0.15, 0.2) is 0 Å². The Hall–Kier alpha value is -3.74. The summed E-state index contributed by atoms with van der Waals surface area (Å²) in [5, 5.41) is 12.2. The third-order valence-corrected chi connectivity index (χ3v) is 8.34. The summed E-state index contributed by atoms with van der Waals surface area (Å²) in [6.07, 6.45) is 0. The van der Waals surface area contributed by atoms with E-state index in [-0.39, 0.29) is 0 Å². The Morgan fingerprint density at radius 2 is 1.39 bits per heavy atom. The van der Waals surface area contributed by atoms with E-state index in [1.807, 2.05) is 18.2 Å². The molecule has 1 aliphatic carbocycles. The van der Waals surface area contributed by atoms with Gasteiger partial charge in [-0.25, -0.2) is 0 Å². The van der Waals surface area contributed by atoms with Crippen LogP contribution in [0.15, 0.2) is 107 Å². The third-order valence-electron chi connectivity index (χ3n) is 7.12. The first-order chi connectivity index (χ1) is 16.2. The minimum atomic E-state index is -0.520. The van der Waals surface area contributed by atoms with Crippen molar-refractivity contribution < 1.29 is 0 Å². The third kappa shape index (κ3) is 2.24. The molecule has 0 fully saturated rings. The molecule has 1 spiro atoms. The lowest BCUT2D eigenvalue weighted by molar-refractivity contribution is 0.722. The van der Waals surface area contributed by atoms with Crippen LogP contribution in [0.25, 0.3) is 21.9 Å². The van der Waals surface area contributed by atoms with E-state index in [4.69, 9.17) is 7.85 Å². The van der Waals surface area contributed by atoms with Crippen LogP contribution < -0.4 is 5.46 Å². The molecule has 0 saturated carbocycles. The highest BCUT2D eigenvalue weighted by atomic mass is 32.2. The fraction of sp³-hybridized carbons (Fsp3) is 0.0333. The van der Waals surface area contributed by atoms with Crippen molar-refractivity contribution in [2.75, 3.05) is 0 Å². The fourth-order valence-electron chi connectivity index (χ4n) is 5.89. The van der Waals surface area contributed by atoms with Crippen LogP contribution >= 0.6 is 11.8 Å². The molecule has 0 amide bonds. The molecule has 150 valence electrons. The molecular weight excluding hydrogens is 417 g/mol. The molecule has 0 saturated heterocycles. The zero-order chi connectivity index (χ0) is 22.2. The topological polar surface area (TPSA) is 23.8 Å². The van der Waals surface area contributed by atoms with Crippen LogP contribution in [0.2, 0.25) is 0 Å². The van der Waals surface area contributed by atoms with Crippen LogP contribution in [0.3, 0.4) is 0 Å². The molecule has 5 aromatic rings. The first-order valence-corrected chi connectivity index (χ1v) is 11.8. The number of hydrogen-bond donors (Lipinski definition) is 0. The van der Waals surface area contributed by atoms with Gasteiger partial charge in [-0.15, -0.1) is 0 Å². The number of rotatable bonds is 0. The average molecular weight is 433 g/mol. The van der Waals surface area contributed by atoms with Crippen molar-refractivity contribution in [2.45, 2.75) is 15.2 Å². The number of nitrogens with zero attached hydrogens (tertiary/aromatic N) is 1. The molecule has 1 unspecified atom stereocenters. The second-order valence-electron chi connectivity index (χ2n) is 8.62. The van der Waals surface area contributed by atoms with Crippen molar-refractivity contribution in [2.24, 2.45) is 0 Å². The van der Waals surface area contributed by atoms with E-state index in [1.54, 1.807) is 11.8 Å². The van der Waals surface area contributed by atoms with Crippen molar-refractivity contribution in [1.82, 2.24) is 0 Å². The summed E-state index contributed by atoms with van der Waals surface area (Å²) in [5.74, 6) is 0. The second-order valence-corrected chi connectivity index (χ2v) is 9.67. The molecular formula is C30H16BNS. The molecule has 5 aromatic carbocycles. The van der Waals surface area contributed by atoms with Crippen LogP contribution in [0.4, 0.5) is 0 Å². The Morgan fingerprint density at radius 1 is 0.697 bits per heavy atom. The Morgan fingerprint density at radius 3 is 2.24 bits per heavy atom. The lowest BCUT2D eigenvalue weighted by Gasteiger charge is -2.40. The molecule has 7 rings (SSSR count). The summed E-state index contributed by atoms with van der Waals surface area (Å²) in [5.41, 5.74) is 8.31. The first kappa shape index (κ1) is 18.8. The molecule has 1 nitrogen and oxygen atoms in total. The fourth-order valence-corrected chi connectivity index (χ4v) is 7.15. The van der Waals surface area contributed by atoms with E-state index in [0.717, 1.165) is 21.3 Å². The zero-order valence-electron chi connectivity index (χ0n) is 17.7. The van der Waals surface area contributed by atoms with E-state index in [1.165, 1.54) is 38.1 Å². The summed E-state index contributed by atoms with van der Waals surface area (Å²) in [4.78, 5) is 2.22. The molecule has 0 N–H and O–H groups in total. The van der Waals surface area contributed by atoms with Gasteiger partial charge >= 0.3 is 0 Å². The molecule has 0 aromatic heterocycles. The Bertz CT molecular complexity index is 1680. The monoisotopic (exact) mass is 433 g/mol. The number of benzene rings is 5. The predicted octanol–water partition coefficient (Wildman–Crippen LogP) is 6.33. The number of nitriles is 1. The van der Waals surface area contributed by atoms with Gasteiger partial charge in [-0.1, -0.05) is 102 Å². The van der Waals surface area contributed by atoms with E-state index in [2.05, 4.69) is 84.9 Å². The molecule has 3 heteroatoms. The van der Waals surface area contributed by atoms with Crippen molar-refractivity contribution in [3.05, 3.63) is 125 Å². The summed E-state index contributed by atoms with van der Waals surface area (Å²) in [6.45, 7) is 0. The molecule has 1 atom stereocenters. The molecule has 1 heterocycles. The molecule has 2 aliphatic rings. The van der Waals surface area contributed by atoms with Gasteiger partial charge in [-0.3, -0.25) is 0 Å². The van der Waals surface area contributed by atoms with Gasteiger partial charge < -0.3 is 0 Å². The van der Waals surface area contributed by atoms with Gasteiger partial charge in [0.05, 0.1) is 11.0 Å². The van der Waals surface area contributed by atoms with Gasteiger partial charge in [0, 0.05) is 9.79 Å². The molecule has 1 aliphatic heterocycles. The maximum atomic E-state index is 9.97. The summed E-state index contributed by atoms with van der Waals surface area (Å²) in [7, 11) is 6.69. The van der Waals surface area contributed by atoms with E-state index in [0.29, 0.717) is 5.56 Å². The lowest BCUT2D eigenvalue weighted by Crippen LogP contribution is -2.33. The summed E-state index contributed by atoms with van der Waals surface area (Å²) in [6, 6.07) is 36.5. The maximum absolute atomic E-state index is 9.97. The molecule has 33 heavy (non-hydrogen) atoms. The highest BCUT2D eigenvalue weighted by Crippen LogP contribution is 2.63. The van der Waals surface area contributed by atoms with Crippen LogP contribution in [0.5, 0.6) is 0 Å². The largest absolute Gasteiger partial charge is 0.192 e. The average Bonchev–Trinajstić information content (AvgIpc) is 3.15. The van der Waals surface area contributed by atoms with E-state index >= 15 is 0 Å². The van der Waals surface area contributed by atoms with Gasteiger partial charge in [-0.05, 0) is 56.3 Å². The standard InChI is InChI=1S/C30H16BNS/c31-26-16-25-28(20-10-2-1-9-19(20)26)21-11-3-4-12-22(21)30(25)23-13-5-6-15-27(23)33-29-18(17-32)8-7-14-24(29)30/h1-16H. The second kappa shape index (κ2) is 6.64. The highest BCUT2D eigenvalue weighted by molar-refractivity contribution is 7.99. The van der Waals surface area contributed by atoms with E-state index in [9.17, 15) is 5.26 Å². The Labute approximate surface area is 198 Å². The highest BCUT2D eigenvalue weighted by Gasteiger charge is 2.51. The normalized spacial score (nSPS) is 17.2. The minimum absolute atomic E-state index is 0.520. The van der Waals surface area contributed by atoms with Crippen LogP contribution in [0, 0.1) is 11.3 Å². The quantitative estimate of drug-likeness (QED) is 0.261. The van der Waals surface area contributed by atoms with Gasteiger partial charge in [0.1, 0.15) is 13.9 Å². The van der Waals surface area contributed by atoms with Crippen LogP contribution in [-0.4, -0.2) is 7.85 Å². The van der Waals surface area contributed by atoms with Gasteiger partial charge in [-0.2, -0.15) is 5.26 Å². The minimum Gasteiger partial charge on any atom is -0.192 e. The Kier molecular flexibility index (Phi) is 3.78. The zero-order valence-corrected chi connectivity index (χ0v) is 18.5. The Balaban J connectivity index is 1.76.